The normalized spacial score (nSPS) is 18.2. The molecule has 1 N–H and O–H groups in total. The number of benzene rings is 3. The fourth-order valence-corrected chi connectivity index (χ4v) is 3.67. The zero-order chi connectivity index (χ0) is 23.0. The largest absolute Gasteiger partial charge is 0.507 e. The van der Waals surface area contributed by atoms with E-state index < -0.39 is 46.6 Å². The smallest absolute Gasteiger partial charge is 0.416 e. The Labute approximate surface area is 180 Å². The molecule has 8 heteroatoms. The Bertz CT molecular complexity index is 1240. The molecular formula is C24H15F4NO3. The molecule has 1 atom stereocenters. The van der Waals surface area contributed by atoms with Crippen molar-refractivity contribution >= 4 is 23.1 Å². The number of alkyl halides is 3. The van der Waals surface area contributed by atoms with Crippen LogP contribution in [0.1, 0.15) is 22.7 Å². The number of halogens is 4. The molecule has 0 saturated carbocycles. The Morgan fingerprint density at radius 2 is 1.53 bits per heavy atom. The van der Waals surface area contributed by atoms with Crippen molar-refractivity contribution in [2.24, 2.45) is 0 Å². The average molecular weight is 441 g/mol. The van der Waals surface area contributed by atoms with Gasteiger partial charge < -0.3 is 5.11 Å². The summed E-state index contributed by atoms with van der Waals surface area (Å²) < 4.78 is 54.5. The van der Waals surface area contributed by atoms with E-state index in [9.17, 15) is 32.3 Å². The van der Waals surface area contributed by atoms with Crippen LogP contribution in [0.3, 0.4) is 0 Å². The van der Waals surface area contributed by atoms with Crippen LogP contribution >= 0.6 is 0 Å². The molecule has 3 aromatic carbocycles. The molecule has 0 bridgehead atoms. The number of carbonyl (C=O) groups is 2. The highest BCUT2D eigenvalue weighted by Gasteiger charge is 2.48. The molecule has 4 rings (SSSR count). The van der Waals surface area contributed by atoms with Gasteiger partial charge in [-0.2, -0.15) is 13.2 Å². The van der Waals surface area contributed by atoms with Crippen LogP contribution in [0.15, 0.2) is 84.4 Å². The van der Waals surface area contributed by atoms with Gasteiger partial charge in [0.1, 0.15) is 11.6 Å². The second-order valence-corrected chi connectivity index (χ2v) is 7.10. The van der Waals surface area contributed by atoms with E-state index >= 15 is 0 Å². The molecule has 0 unspecified atom stereocenters. The maximum atomic E-state index is 14.8. The van der Waals surface area contributed by atoms with Crippen molar-refractivity contribution in [2.75, 3.05) is 4.90 Å². The highest BCUT2D eigenvalue weighted by molar-refractivity contribution is 6.51. The maximum absolute atomic E-state index is 14.8. The number of hydrogen-bond donors (Lipinski definition) is 1. The van der Waals surface area contributed by atoms with E-state index in [1.54, 1.807) is 18.2 Å². The number of nitrogens with zero attached hydrogens (tertiary/aromatic N) is 1. The lowest BCUT2D eigenvalue weighted by atomic mass is 9.94. The molecule has 1 aliphatic heterocycles. The van der Waals surface area contributed by atoms with Crippen LogP contribution in [-0.4, -0.2) is 16.8 Å². The lowest BCUT2D eigenvalue weighted by Gasteiger charge is -2.26. The van der Waals surface area contributed by atoms with Crippen LogP contribution in [0.2, 0.25) is 0 Å². The fourth-order valence-electron chi connectivity index (χ4n) is 3.67. The maximum Gasteiger partial charge on any atom is 0.416 e. The number of aliphatic hydroxyl groups excluding tert-OH is 1. The predicted octanol–water partition coefficient (Wildman–Crippen LogP) is 5.47. The molecule has 1 saturated heterocycles. The second-order valence-electron chi connectivity index (χ2n) is 7.10. The van der Waals surface area contributed by atoms with Gasteiger partial charge in [0.25, 0.3) is 11.7 Å². The highest BCUT2D eigenvalue weighted by Crippen LogP contribution is 2.43. The third kappa shape index (κ3) is 3.64. The molecule has 32 heavy (non-hydrogen) atoms. The number of amides is 1. The Morgan fingerprint density at radius 3 is 2.19 bits per heavy atom. The first-order valence-electron chi connectivity index (χ1n) is 9.48. The van der Waals surface area contributed by atoms with Crippen molar-refractivity contribution in [3.8, 4) is 0 Å². The first kappa shape index (κ1) is 21.3. The van der Waals surface area contributed by atoms with Crippen molar-refractivity contribution < 1.29 is 32.3 Å². The summed E-state index contributed by atoms with van der Waals surface area (Å²) in [6, 6.07) is 15.5. The van der Waals surface area contributed by atoms with Crippen LogP contribution in [0.5, 0.6) is 0 Å². The summed E-state index contributed by atoms with van der Waals surface area (Å²) in [5.74, 6) is -3.63. The molecular weight excluding hydrogens is 426 g/mol. The van der Waals surface area contributed by atoms with Crippen LogP contribution in [-0.2, 0) is 15.8 Å². The van der Waals surface area contributed by atoms with E-state index in [0.717, 1.165) is 23.1 Å². The number of hydrogen-bond acceptors (Lipinski definition) is 3. The van der Waals surface area contributed by atoms with Gasteiger partial charge in [0.2, 0.25) is 0 Å². The number of aliphatic hydroxyl groups is 1. The summed E-state index contributed by atoms with van der Waals surface area (Å²) in [7, 11) is 0. The van der Waals surface area contributed by atoms with Crippen LogP contribution in [0.4, 0.5) is 23.2 Å². The standard InChI is InChI=1S/C24H15F4NO3/c25-18-12-5-4-11-17(18)20-19(21(30)14-7-2-1-3-8-14)22(31)23(32)29(20)16-10-6-9-15(13-16)24(26,27)28/h1-13,20,30H/t20-/m1/s1. The predicted molar refractivity (Wildman–Crippen MR) is 109 cm³/mol. The molecule has 0 aromatic heterocycles. The third-order valence-corrected chi connectivity index (χ3v) is 5.14. The van der Waals surface area contributed by atoms with E-state index in [2.05, 4.69) is 0 Å². The first-order valence-corrected chi connectivity index (χ1v) is 9.48. The van der Waals surface area contributed by atoms with Gasteiger partial charge >= 0.3 is 6.18 Å². The minimum absolute atomic E-state index is 0.137. The lowest BCUT2D eigenvalue weighted by molar-refractivity contribution is -0.137. The summed E-state index contributed by atoms with van der Waals surface area (Å²) in [5.41, 5.74) is -1.63. The summed E-state index contributed by atoms with van der Waals surface area (Å²) in [6.45, 7) is 0. The summed E-state index contributed by atoms with van der Waals surface area (Å²) in [6.07, 6.45) is -4.69. The van der Waals surface area contributed by atoms with Gasteiger partial charge in [0.15, 0.2) is 0 Å². The minimum atomic E-state index is -4.69. The summed E-state index contributed by atoms with van der Waals surface area (Å²) >= 11 is 0. The van der Waals surface area contributed by atoms with Gasteiger partial charge in [-0.15, -0.1) is 0 Å². The van der Waals surface area contributed by atoms with Crippen molar-refractivity contribution in [1.29, 1.82) is 0 Å². The number of ketones is 1. The Balaban J connectivity index is 1.97. The van der Waals surface area contributed by atoms with E-state index in [0.29, 0.717) is 6.07 Å². The molecule has 4 nitrogen and oxygen atoms in total. The molecule has 1 heterocycles. The first-order chi connectivity index (χ1) is 15.2. The number of rotatable bonds is 3. The monoisotopic (exact) mass is 441 g/mol. The SMILES string of the molecule is O=C1C(=O)N(c2cccc(C(F)(F)F)c2)[C@H](c2ccccc2F)C1=C(O)c1ccccc1. The molecule has 1 aliphatic rings. The molecule has 0 spiro atoms. The van der Waals surface area contributed by atoms with Gasteiger partial charge in [0.05, 0.1) is 17.2 Å². The Morgan fingerprint density at radius 1 is 0.875 bits per heavy atom. The van der Waals surface area contributed by atoms with Crippen molar-refractivity contribution in [2.45, 2.75) is 12.2 Å². The zero-order valence-corrected chi connectivity index (χ0v) is 16.3. The van der Waals surface area contributed by atoms with Crippen LogP contribution in [0, 0.1) is 5.82 Å². The molecule has 0 radical (unpaired) electrons. The Hall–Kier alpha value is -3.94. The fraction of sp³-hybridized carbons (Fsp3) is 0.0833. The zero-order valence-electron chi connectivity index (χ0n) is 16.3. The van der Waals surface area contributed by atoms with Crippen LogP contribution in [0.25, 0.3) is 5.76 Å². The molecule has 1 amide bonds. The number of carbonyl (C=O) groups excluding carboxylic acids is 2. The molecule has 1 fully saturated rings. The number of anilines is 1. The topological polar surface area (TPSA) is 57.6 Å². The molecule has 162 valence electrons. The van der Waals surface area contributed by atoms with Crippen molar-refractivity contribution in [3.63, 3.8) is 0 Å². The van der Waals surface area contributed by atoms with Crippen molar-refractivity contribution in [1.82, 2.24) is 0 Å². The van der Waals surface area contributed by atoms with Gasteiger partial charge in [0, 0.05) is 16.8 Å². The van der Waals surface area contributed by atoms with E-state index in [4.69, 9.17) is 0 Å². The van der Waals surface area contributed by atoms with Gasteiger partial charge in [-0.05, 0) is 24.3 Å². The van der Waals surface area contributed by atoms with Crippen LogP contribution < -0.4 is 4.90 Å². The quantitative estimate of drug-likeness (QED) is 0.254. The van der Waals surface area contributed by atoms with Gasteiger partial charge in [-0.1, -0.05) is 54.6 Å². The number of Topliss-reactive ketones (excluding diaryl/α,β-unsaturated/α-hetero) is 1. The third-order valence-electron chi connectivity index (χ3n) is 5.14. The molecule has 0 aliphatic carbocycles. The second kappa shape index (κ2) is 7.96. The summed E-state index contributed by atoms with van der Waals surface area (Å²) in [5, 5.41) is 10.9. The lowest BCUT2D eigenvalue weighted by Crippen LogP contribution is -2.30. The van der Waals surface area contributed by atoms with Crippen molar-refractivity contribution in [3.05, 3.63) is 107 Å². The van der Waals surface area contributed by atoms with Gasteiger partial charge in [-0.25, -0.2) is 4.39 Å². The van der Waals surface area contributed by atoms with E-state index in [-0.39, 0.29) is 16.8 Å². The van der Waals surface area contributed by atoms with E-state index in [1.165, 1.54) is 36.4 Å². The van der Waals surface area contributed by atoms with E-state index in [1.807, 2.05) is 0 Å². The average Bonchev–Trinajstić information content (AvgIpc) is 3.04. The highest BCUT2D eigenvalue weighted by atomic mass is 19.4. The Kier molecular flexibility index (Phi) is 5.30. The summed E-state index contributed by atoms with van der Waals surface area (Å²) in [4.78, 5) is 26.6. The minimum Gasteiger partial charge on any atom is -0.507 e. The van der Waals surface area contributed by atoms with Gasteiger partial charge in [-0.3, -0.25) is 14.5 Å². The molecule has 3 aromatic rings.